The van der Waals surface area contributed by atoms with Crippen LogP contribution in [0.1, 0.15) is 17.2 Å². The molecule has 3 rings (SSSR count). The Bertz CT molecular complexity index is 603. The molecule has 2 aromatic carbocycles. The summed E-state index contributed by atoms with van der Waals surface area (Å²) in [6.45, 7) is 0. The highest BCUT2D eigenvalue weighted by Gasteiger charge is 2.46. The van der Waals surface area contributed by atoms with Crippen molar-refractivity contribution in [2.45, 2.75) is 11.8 Å². The van der Waals surface area contributed by atoms with Crippen LogP contribution in [0.2, 0.25) is 0 Å². The molecule has 0 spiro atoms. The maximum Gasteiger partial charge on any atom is 0.422 e. The second-order valence-corrected chi connectivity index (χ2v) is 4.58. The van der Waals surface area contributed by atoms with Gasteiger partial charge in [0.05, 0.1) is 0 Å². The van der Waals surface area contributed by atoms with E-state index in [0.717, 1.165) is 0 Å². The van der Waals surface area contributed by atoms with E-state index in [1.165, 1.54) is 0 Å². The molecule has 0 saturated carbocycles. The van der Waals surface area contributed by atoms with Crippen molar-refractivity contribution in [3.8, 4) is 0 Å². The first-order valence-electron chi connectivity index (χ1n) is 6.27. The summed E-state index contributed by atoms with van der Waals surface area (Å²) in [7, 11) is 0. The zero-order valence-corrected chi connectivity index (χ0v) is 10.6. The Labute approximate surface area is 116 Å². The Morgan fingerprint density at radius 2 is 1.60 bits per heavy atom. The molecule has 1 heterocycles. The van der Waals surface area contributed by atoms with Gasteiger partial charge in [-0.1, -0.05) is 60.7 Å². The number of carbonyl (C=O) groups excluding carboxylic acids is 1. The van der Waals surface area contributed by atoms with Crippen LogP contribution in [0.4, 0.5) is 4.79 Å². The minimum atomic E-state index is -1.53. The van der Waals surface area contributed by atoms with Gasteiger partial charge in [0.2, 0.25) is 5.72 Å². The van der Waals surface area contributed by atoms with Crippen LogP contribution in [-0.4, -0.2) is 11.2 Å². The van der Waals surface area contributed by atoms with Gasteiger partial charge in [-0.25, -0.2) is 4.79 Å². The summed E-state index contributed by atoms with van der Waals surface area (Å²) in [5.41, 5.74) is 4.73. The number of hydrogen-bond donors (Lipinski definition) is 3. The van der Waals surface area contributed by atoms with Crippen molar-refractivity contribution in [1.82, 2.24) is 10.9 Å². The van der Waals surface area contributed by atoms with E-state index in [2.05, 4.69) is 10.9 Å². The Kier molecular flexibility index (Phi) is 3.14. The smallest absolute Gasteiger partial charge is 0.422 e. The Morgan fingerprint density at radius 3 is 2.25 bits per heavy atom. The molecule has 5 heteroatoms. The number of rotatable bonds is 2. The standard InChI is InChI=1S/C15H14N2O3/c18-14-16-17-15(19,12-9-5-2-6-10-12)13(20-14)11-7-3-1-4-8-11/h1-10,13,17,19H,(H,16,18). The van der Waals surface area contributed by atoms with Crippen LogP contribution in [0.15, 0.2) is 60.7 Å². The van der Waals surface area contributed by atoms with Crippen LogP contribution in [0, 0.1) is 0 Å². The summed E-state index contributed by atoms with van der Waals surface area (Å²) in [6.07, 6.45) is -1.46. The molecule has 1 saturated heterocycles. The van der Waals surface area contributed by atoms with Crippen LogP contribution in [-0.2, 0) is 10.5 Å². The van der Waals surface area contributed by atoms with Gasteiger partial charge in [0.1, 0.15) is 0 Å². The van der Waals surface area contributed by atoms with Gasteiger partial charge in [-0.2, -0.15) is 5.43 Å². The van der Waals surface area contributed by atoms with E-state index < -0.39 is 17.9 Å². The predicted molar refractivity (Wildman–Crippen MR) is 72.3 cm³/mol. The molecule has 3 N–H and O–H groups in total. The summed E-state index contributed by atoms with van der Waals surface area (Å²) < 4.78 is 5.28. The third-order valence-corrected chi connectivity index (χ3v) is 3.28. The molecule has 0 radical (unpaired) electrons. The van der Waals surface area contributed by atoms with Gasteiger partial charge in [-0.15, -0.1) is 0 Å². The molecular formula is C15H14N2O3. The molecule has 1 aliphatic heterocycles. The van der Waals surface area contributed by atoms with Crippen LogP contribution in [0.25, 0.3) is 0 Å². The van der Waals surface area contributed by atoms with E-state index in [4.69, 9.17) is 4.74 Å². The quantitative estimate of drug-likeness (QED) is 0.778. The lowest BCUT2D eigenvalue weighted by Gasteiger charge is -2.40. The SMILES string of the molecule is O=C1NNC(O)(c2ccccc2)C(c2ccccc2)O1. The molecule has 2 aromatic rings. The highest BCUT2D eigenvalue weighted by Crippen LogP contribution is 2.37. The van der Waals surface area contributed by atoms with Gasteiger partial charge in [-0.3, -0.25) is 5.43 Å². The van der Waals surface area contributed by atoms with Gasteiger partial charge in [0, 0.05) is 5.56 Å². The lowest BCUT2D eigenvalue weighted by molar-refractivity contribution is -0.142. The zero-order chi connectivity index (χ0) is 14.0. The summed E-state index contributed by atoms with van der Waals surface area (Å²) in [4.78, 5) is 11.5. The van der Waals surface area contributed by atoms with Gasteiger partial charge in [-0.05, 0) is 5.56 Å². The molecule has 20 heavy (non-hydrogen) atoms. The zero-order valence-electron chi connectivity index (χ0n) is 10.6. The van der Waals surface area contributed by atoms with Crippen molar-refractivity contribution >= 4 is 6.09 Å². The second kappa shape index (κ2) is 4.96. The normalized spacial score (nSPS) is 25.6. The van der Waals surface area contributed by atoms with Crippen LogP contribution < -0.4 is 10.9 Å². The number of amides is 1. The Balaban J connectivity index is 2.05. The molecule has 0 bridgehead atoms. The maximum atomic E-state index is 11.5. The van der Waals surface area contributed by atoms with Crippen LogP contribution >= 0.6 is 0 Å². The Hall–Kier alpha value is -2.37. The first kappa shape index (κ1) is 12.7. The van der Waals surface area contributed by atoms with E-state index in [-0.39, 0.29) is 0 Å². The van der Waals surface area contributed by atoms with Crippen molar-refractivity contribution in [3.05, 3.63) is 71.8 Å². The van der Waals surface area contributed by atoms with Crippen molar-refractivity contribution in [2.24, 2.45) is 0 Å². The lowest BCUT2D eigenvalue weighted by atomic mass is 9.92. The van der Waals surface area contributed by atoms with E-state index in [9.17, 15) is 9.90 Å². The first-order chi connectivity index (χ1) is 9.70. The van der Waals surface area contributed by atoms with Crippen LogP contribution in [0.3, 0.4) is 0 Å². The second-order valence-electron chi connectivity index (χ2n) is 4.58. The van der Waals surface area contributed by atoms with Gasteiger partial charge in [0.25, 0.3) is 0 Å². The van der Waals surface area contributed by atoms with E-state index in [1.807, 2.05) is 36.4 Å². The molecule has 1 amide bonds. The third-order valence-electron chi connectivity index (χ3n) is 3.28. The topological polar surface area (TPSA) is 70.6 Å². The lowest BCUT2D eigenvalue weighted by Crippen LogP contribution is -2.61. The minimum Gasteiger partial charge on any atom is -0.435 e. The molecule has 2 unspecified atom stereocenters. The highest BCUT2D eigenvalue weighted by atomic mass is 16.6. The average Bonchev–Trinajstić information content (AvgIpc) is 2.51. The molecule has 2 atom stereocenters. The summed E-state index contributed by atoms with van der Waals surface area (Å²) in [5, 5.41) is 10.9. The maximum absolute atomic E-state index is 11.5. The largest absolute Gasteiger partial charge is 0.435 e. The predicted octanol–water partition coefficient (Wildman–Crippen LogP) is 1.82. The molecule has 0 aliphatic carbocycles. The minimum absolute atomic E-state index is 0.605. The first-order valence-corrected chi connectivity index (χ1v) is 6.27. The fourth-order valence-corrected chi connectivity index (χ4v) is 2.29. The summed E-state index contributed by atoms with van der Waals surface area (Å²) in [6, 6.07) is 18.1. The average molecular weight is 270 g/mol. The van der Waals surface area contributed by atoms with Crippen LogP contribution in [0.5, 0.6) is 0 Å². The van der Waals surface area contributed by atoms with Gasteiger partial charge in [0.15, 0.2) is 6.10 Å². The van der Waals surface area contributed by atoms with Crippen molar-refractivity contribution in [1.29, 1.82) is 0 Å². The van der Waals surface area contributed by atoms with Gasteiger partial charge >= 0.3 is 6.09 Å². The monoisotopic (exact) mass is 270 g/mol. The summed E-state index contributed by atoms with van der Waals surface area (Å²) >= 11 is 0. The molecule has 1 aliphatic rings. The number of aliphatic hydroxyl groups is 1. The Morgan fingerprint density at radius 1 is 1.00 bits per heavy atom. The number of nitrogens with one attached hydrogen (secondary N) is 2. The summed E-state index contributed by atoms with van der Waals surface area (Å²) in [5.74, 6) is 0. The fraction of sp³-hybridized carbons (Fsp3) is 0.133. The highest BCUT2D eigenvalue weighted by molar-refractivity contribution is 5.68. The van der Waals surface area contributed by atoms with Gasteiger partial charge < -0.3 is 9.84 Å². The van der Waals surface area contributed by atoms with Crippen molar-refractivity contribution in [2.75, 3.05) is 0 Å². The number of hydrazine groups is 1. The van der Waals surface area contributed by atoms with Crippen molar-refractivity contribution < 1.29 is 14.6 Å². The van der Waals surface area contributed by atoms with E-state index in [1.54, 1.807) is 24.3 Å². The molecule has 102 valence electrons. The van der Waals surface area contributed by atoms with E-state index >= 15 is 0 Å². The number of carbonyl (C=O) groups is 1. The molecule has 0 aromatic heterocycles. The molecule has 1 fully saturated rings. The number of hydrogen-bond acceptors (Lipinski definition) is 4. The molecular weight excluding hydrogens is 256 g/mol. The number of ether oxygens (including phenoxy) is 1. The number of cyclic esters (lactones) is 1. The van der Waals surface area contributed by atoms with Crippen molar-refractivity contribution in [3.63, 3.8) is 0 Å². The fourth-order valence-electron chi connectivity index (χ4n) is 2.29. The third kappa shape index (κ3) is 2.13. The van der Waals surface area contributed by atoms with E-state index in [0.29, 0.717) is 11.1 Å². The number of benzene rings is 2. The molecule has 5 nitrogen and oxygen atoms in total.